The maximum absolute atomic E-state index is 12.5. The van der Waals surface area contributed by atoms with Gasteiger partial charge in [-0.25, -0.2) is 4.98 Å². The number of anilines is 2. The Kier molecular flexibility index (Phi) is 6.52. The minimum absolute atomic E-state index is 0.170. The molecular formula is C19H16F3N3O3S2. The Morgan fingerprint density at radius 2 is 1.83 bits per heavy atom. The molecule has 0 spiro atoms. The van der Waals surface area contributed by atoms with Crippen molar-refractivity contribution < 1.29 is 27.5 Å². The number of alkyl halides is 3. The molecule has 0 saturated heterocycles. The number of aromatic nitrogens is 1. The summed E-state index contributed by atoms with van der Waals surface area (Å²) in [5.74, 6) is -0.809. The van der Waals surface area contributed by atoms with Gasteiger partial charge < -0.3 is 15.4 Å². The summed E-state index contributed by atoms with van der Waals surface area (Å²) in [6, 6.07) is 10.9. The van der Waals surface area contributed by atoms with Crippen LogP contribution in [0.5, 0.6) is 5.75 Å². The normalized spacial score (nSPS) is 12.4. The van der Waals surface area contributed by atoms with Crippen LogP contribution in [0.25, 0.3) is 10.2 Å². The molecule has 0 radical (unpaired) electrons. The van der Waals surface area contributed by atoms with Crippen LogP contribution >= 0.6 is 23.1 Å². The van der Waals surface area contributed by atoms with Gasteiger partial charge in [-0.3, -0.25) is 9.59 Å². The van der Waals surface area contributed by atoms with Gasteiger partial charge in [0.05, 0.1) is 15.5 Å². The van der Waals surface area contributed by atoms with Crippen LogP contribution in [0.2, 0.25) is 0 Å². The zero-order valence-electron chi connectivity index (χ0n) is 15.7. The van der Waals surface area contributed by atoms with Gasteiger partial charge in [0.2, 0.25) is 11.8 Å². The molecule has 0 saturated carbocycles. The van der Waals surface area contributed by atoms with E-state index in [1.54, 1.807) is 31.2 Å². The maximum atomic E-state index is 12.5. The van der Waals surface area contributed by atoms with Gasteiger partial charge in [-0.15, -0.1) is 24.9 Å². The second-order valence-corrected chi connectivity index (χ2v) is 8.60. The van der Waals surface area contributed by atoms with Gasteiger partial charge in [0, 0.05) is 23.6 Å². The lowest BCUT2D eigenvalue weighted by atomic mass is 10.3. The first-order valence-corrected chi connectivity index (χ1v) is 10.3. The average molecular weight is 455 g/mol. The van der Waals surface area contributed by atoms with Crippen molar-refractivity contribution in [2.45, 2.75) is 30.4 Å². The summed E-state index contributed by atoms with van der Waals surface area (Å²) in [6.07, 6.45) is -4.78. The molecule has 0 bridgehead atoms. The van der Waals surface area contributed by atoms with Crippen molar-refractivity contribution in [3.63, 3.8) is 0 Å². The summed E-state index contributed by atoms with van der Waals surface area (Å²) < 4.78 is 41.4. The summed E-state index contributed by atoms with van der Waals surface area (Å²) in [6.45, 7) is 3.14. The molecule has 1 atom stereocenters. The van der Waals surface area contributed by atoms with Crippen molar-refractivity contribution in [1.29, 1.82) is 0 Å². The molecule has 11 heteroatoms. The minimum atomic E-state index is -4.78. The van der Waals surface area contributed by atoms with Gasteiger partial charge in [0.15, 0.2) is 5.13 Å². The van der Waals surface area contributed by atoms with E-state index in [0.717, 1.165) is 16.2 Å². The molecule has 0 aliphatic carbocycles. The zero-order valence-corrected chi connectivity index (χ0v) is 17.4. The predicted octanol–water partition coefficient (Wildman–Crippen LogP) is 5.27. The van der Waals surface area contributed by atoms with E-state index in [2.05, 4.69) is 20.4 Å². The number of rotatable bonds is 6. The summed E-state index contributed by atoms with van der Waals surface area (Å²) in [5, 5.41) is 5.18. The molecule has 2 N–H and O–H groups in total. The number of ether oxygens (including phenoxy) is 1. The quantitative estimate of drug-likeness (QED) is 0.495. The lowest BCUT2D eigenvalue weighted by molar-refractivity contribution is -0.274. The predicted molar refractivity (Wildman–Crippen MR) is 111 cm³/mol. The first-order chi connectivity index (χ1) is 14.1. The number of hydrogen-bond acceptors (Lipinski definition) is 6. The van der Waals surface area contributed by atoms with Crippen molar-refractivity contribution >= 4 is 55.9 Å². The number of nitrogens with one attached hydrogen (secondary N) is 2. The third-order valence-electron chi connectivity index (χ3n) is 3.68. The number of fused-ring (bicyclic) bond motifs is 1. The molecule has 2 aromatic carbocycles. The van der Waals surface area contributed by atoms with Crippen LogP contribution in [0.1, 0.15) is 13.8 Å². The molecule has 3 rings (SSSR count). The van der Waals surface area contributed by atoms with Gasteiger partial charge in [0.25, 0.3) is 0 Å². The lowest BCUT2D eigenvalue weighted by Crippen LogP contribution is -2.22. The molecular weight excluding hydrogens is 439 g/mol. The first kappa shape index (κ1) is 21.9. The molecule has 1 unspecified atom stereocenters. The third-order valence-corrected chi connectivity index (χ3v) is 5.73. The van der Waals surface area contributed by atoms with E-state index in [9.17, 15) is 22.8 Å². The molecule has 6 nitrogen and oxygen atoms in total. The van der Waals surface area contributed by atoms with E-state index in [1.165, 1.54) is 36.9 Å². The fourth-order valence-electron chi connectivity index (χ4n) is 2.44. The Balaban J connectivity index is 1.63. The van der Waals surface area contributed by atoms with E-state index >= 15 is 0 Å². The van der Waals surface area contributed by atoms with Crippen LogP contribution in [0.4, 0.5) is 24.0 Å². The van der Waals surface area contributed by atoms with Crippen LogP contribution in [0, 0.1) is 0 Å². The highest BCUT2D eigenvalue weighted by atomic mass is 32.2. The second-order valence-electron chi connectivity index (χ2n) is 6.15. The van der Waals surface area contributed by atoms with Crippen LogP contribution in [-0.2, 0) is 9.59 Å². The van der Waals surface area contributed by atoms with Crippen LogP contribution in [0.15, 0.2) is 47.4 Å². The van der Waals surface area contributed by atoms with Gasteiger partial charge in [-0.2, -0.15) is 0 Å². The van der Waals surface area contributed by atoms with E-state index in [4.69, 9.17) is 0 Å². The number of nitrogens with zero attached hydrogens (tertiary/aromatic N) is 1. The van der Waals surface area contributed by atoms with Gasteiger partial charge in [-0.1, -0.05) is 11.3 Å². The number of thiazole rings is 1. The van der Waals surface area contributed by atoms with Crippen molar-refractivity contribution in [2.75, 3.05) is 10.6 Å². The van der Waals surface area contributed by atoms with Crippen molar-refractivity contribution in [1.82, 2.24) is 4.98 Å². The topological polar surface area (TPSA) is 80.3 Å². The summed E-state index contributed by atoms with van der Waals surface area (Å²) >= 11 is 2.38. The zero-order chi connectivity index (χ0) is 21.9. The lowest BCUT2D eigenvalue weighted by Gasteiger charge is -2.11. The number of carbonyl (C=O) groups excluding carboxylic acids is 2. The minimum Gasteiger partial charge on any atom is -0.406 e. The standard InChI is InChI=1S/C19H16F3N3O3S2/c1-10(29-14-6-3-12(4-7-14)23-11(2)26)17(27)25-18-24-15-8-5-13(9-16(15)30-18)28-19(20,21)22/h3-10H,1-2H3,(H,23,26)(H,24,25,27). The van der Waals surface area contributed by atoms with E-state index in [0.29, 0.717) is 15.9 Å². The van der Waals surface area contributed by atoms with Crippen molar-refractivity contribution in [2.24, 2.45) is 0 Å². The molecule has 2 amide bonds. The number of halogens is 3. The van der Waals surface area contributed by atoms with Crippen LogP contribution in [0.3, 0.4) is 0 Å². The molecule has 0 aliphatic heterocycles. The molecule has 158 valence electrons. The molecule has 30 heavy (non-hydrogen) atoms. The highest BCUT2D eigenvalue weighted by Crippen LogP contribution is 2.32. The first-order valence-electron chi connectivity index (χ1n) is 8.60. The van der Waals surface area contributed by atoms with Crippen molar-refractivity contribution in [3.8, 4) is 5.75 Å². The smallest absolute Gasteiger partial charge is 0.406 e. The molecule has 0 fully saturated rings. The summed E-state index contributed by atoms with van der Waals surface area (Å²) in [5.41, 5.74) is 1.12. The largest absolute Gasteiger partial charge is 0.573 e. The molecule has 0 aliphatic rings. The van der Waals surface area contributed by atoms with Gasteiger partial charge >= 0.3 is 6.36 Å². The molecule has 1 heterocycles. The number of thioether (sulfide) groups is 1. The highest BCUT2D eigenvalue weighted by molar-refractivity contribution is 8.00. The highest BCUT2D eigenvalue weighted by Gasteiger charge is 2.31. The van der Waals surface area contributed by atoms with E-state index in [1.807, 2.05) is 0 Å². The van der Waals surface area contributed by atoms with Gasteiger partial charge in [-0.05, 0) is 43.3 Å². The number of hydrogen-bond donors (Lipinski definition) is 2. The third kappa shape index (κ3) is 6.10. The Morgan fingerprint density at radius 1 is 1.13 bits per heavy atom. The Morgan fingerprint density at radius 3 is 2.47 bits per heavy atom. The number of benzene rings is 2. The Hall–Kier alpha value is -2.79. The van der Waals surface area contributed by atoms with Gasteiger partial charge in [0.1, 0.15) is 5.75 Å². The second kappa shape index (κ2) is 8.92. The van der Waals surface area contributed by atoms with E-state index < -0.39 is 11.6 Å². The van der Waals surface area contributed by atoms with Crippen molar-refractivity contribution in [3.05, 3.63) is 42.5 Å². The SMILES string of the molecule is CC(=O)Nc1ccc(SC(C)C(=O)Nc2nc3ccc(OC(F)(F)F)cc3s2)cc1. The fourth-order valence-corrected chi connectivity index (χ4v) is 4.20. The average Bonchev–Trinajstić information content (AvgIpc) is 3.03. The van der Waals surface area contributed by atoms with Crippen LogP contribution in [-0.4, -0.2) is 28.4 Å². The monoisotopic (exact) mass is 455 g/mol. The summed E-state index contributed by atoms with van der Waals surface area (Å²) in [4.78, 5) is 28.6. The Bertz CT molecular complexity index is 1070. The number of carbonyl (C=O) groups is 2. The van der Waals surface area contributed by atoms with E-state index in [-0.39, 0.29) is 22.7 Å². The molecule has 1 aromatic heterocycles. The maximum Gasteiger partial charge on any atom is 0.573 e. The van der Waals surface area contributed by atoms with Crippen LogP contribution < -0.4 is 15.4 Å². The fraction of sp³-hybridized carbons (Fsp3) is 0.211. The number of amides is 2. The summed E-state index contributed by atoms with van der Waals surface area (Å²) in [7, 11) is 0. The molecule has 3 aromatic rings. The Labute approximate surface area is 177 Å².